The molecule has 1 amide bonds. The lowest BCUT2D eigenvalue weighted by Crippen LogP contribution is -2.26. The molecule has 0 atom stereocenters. The average molecular weight is 419 g/mol. The van der Waals surface area contributed by atoms with Crippen molar-refractivity contribution in [1.82, 2.24) is 9.78 Å². The summed E-state index contributed by atoms with van der Waals surface area (Å²) in [7, 11) is 0. The lowest BCUT2D eigenvalue weighted by molar-refractivity contribution is -0.119. The Labute approximate surface area is 180 Å². The highest BCUT2D eigenvalue weighted by Crippen LogP contribution is 2.23. The highest BCUT2D eigenvalue weighted by molar-refractivity contribution is 5.94. The molecule has 7 nitrogen and oxygen atoms in total. The summed E-state index contributed by atoms with van der Waals surface area (Å²) in [4.78, 5) is 36.5. The molecule has 0 fully saturated rings. The van der Waals surface area contributed by atoms with Gasteiger partial charge < -0.3 is 10.1 Å². The van der Waals surface area contributed by atoms with Gasteiger partial charge in [-0.15, -0.1) is 0 Å². The molecule has 0 aliphatic rings. The van der Waals surface area contributed by atoms with Crippen LogP contribution in [0.25, 0.3) is 0 Å². The zero-order valence-corrected chi connectivity index (χ0v) is 17.8. The molecule has 1 heterocycles. The van der Waals surface area contributed by atoms with Gasteiger partial charge in [-0.2, -0.15) is 5.10 Å². The minimum atomic E-state index is -0.778. The second kappa shape index (κ2) is 9.38. The Morgan fingerprint density at radius 2 is 1.65 bits per heavy atom. The second-order valence-electron chi connectivity index (χ2n) is 8.15. The van der Waals surface area contributed by atoms with Gasteiger partial charge in [-0.3, -0.25) is 9.59 Å². The molecule has 0 bridgehead atoms. The number of anilines is 1. The van der Waals surface area contributed by atoms with Crippen molar-refractivity contribution < 1.29 is 14.3 Å². The van der Waals surface area contributed by atoms with Crippen LogP contribution in [0.2, 0.25) is 0 Å². The number of carbonyl (C=O) groups is 2. The van der Waals surface area contributed by atoms with Gasteiger partial charge in [0, 0.05) is 11.8 Å². The first-order valence-electron chi connectivity index (χ1n) is 9.92. The molecule has 7 heteroatoms. The molecule has 3 rings (SSSR count). The van der Waals surface area contributed by atoms with Gasteiger partial charge >= 0.3 is 5.97 Å². The maximum absolute atomic E-state index is 12.3. The molecule has 31 heavy (non-hydrogen) atoms. The van der Waals surface area contributed by atoms with Gasteiger partial charge in [-0.25, -0.2) is 9.48 Å². The molecule has 0 saturated carbocycles. The fourth-order valence-corrected chi connectivity index (χ4v) is 2.88. The first kappa shape index (κ1) is 22.0. The Morgan fingerprint density at radius 1 is 0.968 bits per heavy atom. The number of hydrogen-bond donors (Lipinski definition) is 1. The largest absolute Gasteiger partial charge is 0.451 e. The number of nitrogens with zero attached hydrogens (tertiary/aromatic N) is 2. The summed E-state index contributed by atoms with van der Waals surface area (Å²) in [6, 6.07) is 19.3. The fourth-order valence-electron chi connectivity index (χ4n) is 2.88. The Hall–Kier alpha value is -3.74. The van der Waals surface area contributed by atoms with Gasteiger partial charge in [0.1, 0.15) is 0 Å². The van der Waals surface area contributed by atoms with E-state index in [1.54, 1.807) is 12.1 Å². The number of rotatable bonds is 6. The van der Waals surface area contributed by atoms with Crippen molar-refractivity contribution in [2.75, 3.05) is 11.9 Å². The van der Waals surface area contributed by atoms with Gasteiger partial charge in [0.15, 0.2) is 12.3 Å². The lowest BCUT2D eigenvalue weighted by Gasteiger charge is -2.19. The summed E-state index contributed by atoms with van der Waals surface area (Å²) in [5, 5.41) is 6.75. The molecule has 1 N–H and O–H groups in total. The standard InChI is InChI=1S/C24H25N3O4/c1-24(2,3)18-9-11-19(12-10-18)25-21(28)16-31-23(30)20-13-14-22(29)27(26-20)15-17-7-5-4-6-8-17/h4-14H,15-16H2,1-3H3,(H,25,28). The van der Waals surface area contributed by atoms with Crippen molar-refractivity contribution in [3.63, 3.8) is 0 Å². The molecule has 0 spiro atoms. The van der Waals surface area contributed by atoms with Crippen molar-refractivity contribution >= 4 is 17.6 Å². The van der Waals surface area contributed by atoms with E-state index in [0.29, 0.717) is 5.69 Å². The van der Waals surface area contributed by atoms with Crippen LogP contribution < -0.4 is 10.9 Å². The predicted octanol–water partition coefficient (Wildman–Crippen LogP) is 3.38. The Morgan fingerprint density at radius 3 is 2.29 bits per heavy atom. The molecule has 0 aliphatic carbocycles. The third-order valence-electron chi connectivity index (χ3n) is 4.62. The Kier molecular flexibility index (Phi) is 6.65. The third-order valence-corrected chi connectivity index (χ3v) is 4.62. The Bertz CT molecular complexity index is 1110. The maximum atomic E-state index is 12.3. The SMILES string of the molecule is CC(C)(C)c1ccc(NC(=O)COC(=O)c2ccc(=O)n(Cc3ccccc3)n2)cc1. The minimum Gasteiger partial charge on any atom is -0.451 e. The molecule has 0 unspecified atom stereocenters. The number of carbonyl (C=O) groups excluding carboxylic acids is 2. The van der Waals surface area contributed by atoms with E-state index in [-0.39, 0.29) is 23.2 Å². The minimum absolute atomic E-state index is 0.0160. The van der Waals surface area contributed by atoms with Crippen LogP contribution in [0.3, 0.4) is 0 Å². The van der Waals surface area contributed by atoms with Crippen LogP contribution in [0, 0.1) is 0 Å². The van der Waals surface area contributed by atoms with E-state index in [2.05, 4.69) is 31.2 Å². The molecule has 0 aliphatic heterocycles. The predicted molar refractivity (Wildman–Crippen MR) is 118 cm³/mol. The van der Waals surface area contributed by atoms with E-state index in [9.17, 15) is 14.4 Å². The van der Waals surface area contributed by atoms with E-state index < -0.39 is 18.5 Å². The molecule has 160 valence electrons. The van der Waals surface area contributed by atoms with Crippen LogP contribution in [0.15, 0.2) is 71.5 Å². The van der Waals surface area contributed by atoms with E-state index in [0.717, 1.165) is 11.1 Å². The molecule has 0 radical (unpaired) electrons. The van der Waals surface area contributed by atoms with Crippen LogP contribution in [-0.4, -0.2) is 28.3 Å². The summed E-state index contributed by atoms with van der Waals surface area (Å²) in [5.41, 5.74) is 2.27. The molecular formula is C24H25N3O4. The zero-order chi connectivity index (χ0) is 22.4. The topological polar surface area (TPSA) is 90.3 Å². The molecule has 1 aromatic heterocycles. The molecule has 3 aromatic rings. The molecular weight excluding hydrogens is 394 g/mol. The number of ether oxygens (including phenoxy) is 1. The summed E-state index contributed by atoms with van der Waals surface area (Å²) >= 11 is 0. The van der Waals surface area contributed by atoms with Gasteiger partial charge in [-0.1, -0.05) is 63.2 Å². The van der Waals surface area contributed by atoms with Crippen molar-refractivity contribution in [3.05, 3.63) is 93.9 Å². The first-order chi connectivity index (χ1) is 14.7. The highest BCUT2D eigenvalue weighted by Gasteiger charge is 2.15. The number of nitrogens with one attached hydrogen (secondary N) is 1. The van der Waals surface area contributed by atoms with Crippen molar-refractivity contribution in [2.24, 2.45) is 0 Å². The summed E-state index contributed by atoms with van der Waals surface area (Å²) in [5.74, 6) is -1.24. The van der Waals surface area contributed by atoms with E-state index in [1.165, 1.54) is 16.8 Å². The van der Waals surface area contributed by atoms with Gasteiger partial charge in [0.2, 0.25) is 0 Å². The van der Waals surface area contributed by atoms with E-state index in [4.69, 9.17) is 4.74 Å². The van der Waals surface area contributed by atoms with Crippen LogP contribution >= 0.6 is 0 Å². The van der Waals surface area contributed by atoms with Gasteiger partial charge in [0.05, 0.1) is 6.54 Å². The third kappa shape index (κ3) is 6.12. The smallest absolute Gasteiger partial charge is 0.359 e. The van der Waals surface area contributed by atoms with Gasteiger partial charge in [-0.05, 0) is 34.7 Å². The van der Waals surface area contributed by atoms with Crippen molar-refractivity contribution in [1.29, 1.82) is 0 Å². The van der Waals surface area contributed by atoms with Crippen molar-refractivity contribution in [3.8, 4) is 0 Å². The van der Waals surface area contributed by atoms with Crippen LogP contribution in [0.4, 0.5) is 5.69 Å². The van der Waals surface area contributed by atoms with Crippen LogP contribution in [0.1, 0.15) is 42.4 Å². The quantitative estimate of drug-likeness (QED) is 0.619. The number of benzene rings is 2. The lowest BCUT2D eigenvalue weighted by atomic mass is 9.87. The highest BCUT2D eigenvalue weighted by atomic mass is 16.5. The fraction of sp³-hybridized carbons (Fsp3) is 0.250. The number of hydrogen-bond acceptors (Lipinski definition) is 5. The number of aromatic nitrogens is 2. The second-order valence-corrected chi connectivity index (χ2v) is 8.15. The monoisotopic (exact) mass is 419 g/mol. The normalized spacial score (nSPS) is 11.1. The van der Waals surface area contributed by atoms with E-state index in [1.807, 2.05) is 42.5 Å². The average Bonchev–Trinajstić information content (AvgIpc) is 2.74. The first-order valence-corrected chi connectivity index (χ1v) is 9.92. The Balaban J connectivity index is 1.58. The zero-order valence-electron chi connectivity index (χ0n) is 17.8. The number of esters is 1. The molecule has 0 saturated heterocycles. The summed E-state index contributed by atoms with van der Waals surface area (Å²) in [6.07, 6.45) is 0. The summed E-state index contributed by atoms with van der Waals surface area (Å²) < 4.78 is 6.24. The van der Waals surface area contributed by atoms with E-state index >= 15 is 0 Å². The maximum Gasteiger partial charge on any atom is 0.359 e. The van der Waals surface area contributed by atoms with Crippen molar-refractivity contribution in [2.45, 2.75) is 32.7 Å². The molecule has 2 aromatic carbocycles. The van der Waals surface area contributed by atoms with Crippen LogP contribution in [-0.2, 0) is 21.5 Å². The van der Waals surface area contributed by atoms with Gasteiger partial charge in [0.25, 0.3) is 11.5 Å². The number of amides is 1. The summed E-state index contributed by atoms with van der Waals surface area (Å²) in [6.45, 7) is 6.09. The van der Waals surface area contributed by atoms with Crippen LogP contribution in [0.5, 0.6) is 0 Å².